The number of alkyl halides is 3. The first-order valence-corrected chi connectivity index (χ1v) is 15.1. The van der Waals surface area contributed by atoms with Gasteiger partial charge in [0.15, 0.2) is 12.5 Å². The number of fused-ring (bicyclic) bond motifs is 1. The highest BCUT2D eigenvalue weighted by Gasteiger charge is 2.39. The van der Waals surface area contributed by atoms with Crippen LogP contribution < -0.4 is 8.61 Å². The lowest BCUT2D eigenvalue weighted by molar-refractivity contribution is -0.128. The molecule has 0 fully saturated rings. The van der Waals surface area contributed by atoms with Crippen LogP contribution in [0.3, 0.4) is 0 Å². The topological polar surface area (TPSA) is 131 Å². The number of anilines is 2. The zero-order valence-corrected chi connectivity index (χ0v) is 23.7. The van der Waals surface area contributed by atoms with E-state index in [-0.39, 0.29) is 40.2 Å². The lowest BCUT2D eigenvalue weighted by atomic mass is 10.1. The number of halogens is 4. The monoisotopic (exact) mass is 639 g/mol. The number of ketones is 1. The van der Waals surface area contributed by atoms with Gasteiger partial charge in [-0.1, -0.05) is 24.3 Å². The fraction of sp³-hybridized carbons (Fsp3) is 0.148. The number of ether oxygens (including phenoxy) is 1. The van der Waals surface area contributed by atoms with Gasteiger partial charge in [-0.25, -0.2) is 30.5 Å². The van der Waals surface area contributed by atoms with Crippen LogP contribution in [-0.2, 0) is 29.6 Å². The van der Waals surface area contributed by atoms with Crippen molar-refractivity contribution in [2.45, 2.75) is 22.9 Å². The molecular weight excluding hydrogens is 618 g/mol. The van der Waals surface area contributed by atoms with Gasteiger partial charge in [-0.15, -0.1) is 0 Å². The van der Waals surface area contributed by atoms with E-state index in [0.29, 0.717) is 16.4 Å². The third-order valence-electron chi connectivity index (χ3n) is 6.17. The molecule has 4 rings (SSSR count). The van der Waals surface area contributed by atoms with Crippen molar-refractivity contribution < 1.29 is 48.7 Å². The van der Waals surface area contributed by atoms with Crippen molar-refractivity contribution in [3.8, 4) is 0 Å². The molecule has 0 spiro atoms. The molecule has 4 aromatic rings. The van der Waals surface area contributed by atoms with E-state index in [1.807, 2.05) is 0 Å². The number of carbonyl (C=O) groups is 2. The summed E-state index contributed by atoms with van der Waals surface area (Å²) >= 11 is 0. The largest absolute Gasteiger partial charge is 0.454 e. The van der Waals surface area contributed by atoms with Gasteiger partial charge < -0.3 is 4.74 Å². The summed E-state index contributed by atoms with van der Waals surface area (Å²) in [5.41, 5.74) is -0.744. The van der Waals surface area contributed by atoms with E-state index < -0.39 is 55.0 Å². The first kappa shape index (κ1) is 31.4. The predicted molar refractivity (Wildman–Crippen MR) is 147 cm³/mol. The van der Waals surface area contributed by atoms with Gasteiger partial charge >= 0.3 is 6.18 Å². The molecule has 10 nitrogen and oxygen atoms in total. The summed E-state index contributed by atoms with van der Waals surface area (Å²) in [5, 5.41) is 0.326. The van der Waals surface area contributed by atoms with Crippen LogP contribution in [0.25, 0.3) is 10.8 Å². The molecule has 0 saturated heterocycles. The van der Waals surface area contributed by atoms with Crippen LogP contribution in [0.15, 0.2) is 88.8 Å². The van der Waals surface area contributed by atoms with Crippen molar-refractivity contribution in [3.05, 3.63) is 90.4 Å². The van der Waals surface area contributed by atoms with Crippen molar-refractivity contribution in [2.75, 3.05) is 21.9 Å². The van der Waals surface area contributed by atoms with Gasteiger partial charge in [0.25, 0.3) is 32.3 Å². The van der Waals surface area contributed by atoms with Gasteiger partial charge in [0.2, 0.25) is 0 Å². The number of benzene rings is 3. The summed E-state index contributed by atoms with van der Waals surface area (Å²) in [5.74, 6) is -3.11. The van der Waals surface area contributed by atoms with Crippen LogP contribution >= 0.6 is 0 Å². The van der Waals surface area contributed by atoms with E-state index in [1.165, 1.54) is 18.2 Å². The standard InChI is InChI=1S/C27H21F4N3O7S2/c1-2-33(42(37,38)21-13-9-19(28)10-14-21)24-15-32-26(23-6-4-3-5-22(23)24)34(16-41-17-35)43(39,40)20-11-7-18(8-12-20)25(36)27(29,30)31/h3-15,17H,2,16H2,1H3. The molecule has 0 aliphatic rings. The predicted octanol–water partition coefficient (Wildman–Crippen LogP) is 4.66. The first-order valence-electron chi connectivity index (χ1n) is 12.2. The van der Waals surface area contributed by atoms with E-state index in [1.54, 1.807) is 13.0 Å². The number of hydrogen-bond donors (Lipinski definition) is 0. The van der Waals surface area contributed by atoms with Gasteiger partial charge in [0, 0.05) is 22.9 Å². The zero-order valence-electron chi connectivity index (χ0n) is 22.0. The molecule has 43 heavy (non-hydrogen) atoms. The minimum Gasteiger partial charge on any atom is -0.445 e. The minimum atomic E-state index is -5.18. The summed E-state index contributed by atoms with van der Waals surface area (Å²) in [6, 6.07) is 13.1. The first-order chi connectivity index (χ1) is 20.2. The van der Waals surface area contributed by atoms with Gasteiger partial charge in [-0.3, -0.25) is 13.9 Å². The molecule has 3 aromatic carbocycles. The Morgan fingerprint density at radius 3 is 1.93 bits per heavy atom. The normalized spacial score (nSPS) is 12.1. The van der Waals surface area contributed by atoms with Crippen LogP contribution in [0.4, 0.5) is 29.1 Å². The second kappa shape index (κ2) is 12.0. The Hall–Kier alpha value is -4.57. The number of rotatable bonds is 11. The number of carbonyl (C=O) groups excluding carboxylic acids is 2. The Kier molecular flexibility index (Phi) is 8.73. The van der Waals surface area contributed by atoms with Crippen LogP contribution in [0.5, 0.6) is 0 Å². The lowest BCUT2D eigenvalue weighted by Crippen LogP contribution is -2.35. The highest BCUT2D eigenvalue weighted by Crippen LogP contribution is 2.36. The van der Waals surface area contributed by atoms with Gasteiger partial charge in [-0.05, 0) is 55.5 Å². The second-order valence-corrected chi connectivity index (χ2v) is 12.5. The fourth-order valence-electron chi connectivity index (χ4n) is 4.18. The average Bonchev–Trinajstić information content (AvgIpc) is 2.97. The van der Waals surface area contributed by atoms with E-state index in [0.717, 1.165) is 46.9 Å². The molecule has 0 bridgehead atoms. The summed E-state index contributed by atoms with van der Waals surface area (Å²) in [6.07, 6.45) is -4.08. The maximum Gasteiger partial charge on any atom is 0.454 e. The van der Waals surface area contributed by atoms with E-state index >= 15 is 0 Å². The molecule has 0 N–H and O–H groups in total. The molecule has 0 amide bonds. The Balaban J connectivity index is 1.85. The molecule has 1 aromatic heterocycles. The number of aromatic nitrogens is 1. The highest BCUT2D eigenvalue weighted by atomic mass is 32.2. The summed E-state index contributed by atoms with van der Waals surface area (Å²) in [6.45, 7) is 0.519. The van der Waals surface area contributed by atoms with Gasteiger partial charge in [0.05, 0.1) is 21.7 Å². The SMILES string of the molecule is CCN(c1cnc(N(COC=O)S(=O)(=O)c2ccc(C(=O)C(F)(F)F)cc2)c2ccccc12)S(=O)(=O)c1ccc(F)cc1. The Bertz CT molecular complexity index is 1880. The number of Topliss-reactive ketones (excluding diaryl/α,β-unsaturated/α-hetero) is 1. The molecule has 0 aliphatic carbocycles. The molecule has 0 unspecified atom stereocenters. The van der Waals surface area contributed by atoms with Crippen LogP contribution in [0, 0.1) is 5.82 Å². The summed E-state index contributed by atoms with van der Waals surface area (Å²) in [4.78, 5) is 26.0. The smallest absolute Gasteiger partial charge is 0.445 e. The third-order valence-corrected chi connectivity index (χ3v) is 9.80. The maximum atomic E-state index is 13.7. The minimum absolute atomic E-state index is 0.0295. The number of pyridine rings is 1. The van der Waals surface area contributed by atoms with E-state index in [2.05, 4.69) is 4.98 Å². The van der Waals surface area contributed by atoms with Crippen LogP contribution in [0.2, 0.25) is 0 Å². The van der Waals surface area contributed by atoms with Crippen molar-refractivity contribution in [3.63, 3.8) is 0 Å². The quantitative estimate of drug-likeness (QED) is 0.100. The van der Waals surface area contributed by atoms with Crippen LogP contribution in [-0.4, -0.2) is 53.5 Å². The number of nitrogens with zero attached hydrogens (tertiary/aromatic N) is 3. The summed E-state index contributed by atoms with van der Waals surface area (Å²) in [7, 11) is -8.92. The number of sulfonamides is 2. The molecule has 0 atom stereocenters. The molecule has 0 aliphatic heterocycles. The Morgan fingerprint density at radius 2 is 1.40 bits per heavy atom. The molecule has 0 radical (unpaired) electrons. The van der Waals surface area contributed by atoms with Crippen molar-refractivity contribution in [1.29, 1.82) is 0 Å². The van der Waals surface area contributed by atoms with Crippen molar-refractivity contribution in [2.24, 2.45) is 0 Å². The van der Waals surface area contributed by atoms with E-state index in [9.17, 15) is 44.0 Å². The highest BCUT2D eigenvalue weighted by molar-refractivity contribution is 7.93. The molecule has 16 heteroatoms. The third kappa shape index (κ3) is 6.15. The average molecular weight is 640 g/mol. The summed E-state index contributed by atoms with van der Waals surface area (Å²) < 4.78 is 112. The Labute approximate surface area is 243 Å². The van der Waals surface area contributed by atoms with Crippen LogP contribution in [0.1, 0.15) is 17.3 Å². The fourth-order valence-corrected chi connectivity index (χ4v) is 6.96. The molecule has 226 valence electrons. The van der Waals surface area contributed by atoms with E-state index in [4.69, 9.17) is 4.74 Å². The zero-order chi connectivity index (χ0) is 31.6. The molecule has 1 heterocycles. The lowest BCUT2D eigenvalue weighted by Gasteiger charge is -2.27. The molecular formula is C27H21F4N3O7S2. The second-order valence-electron chi connectivity index (χ2n) is 8.73. The number of hydrogen-bond acceptors (Lipinski definition) is 8. The Morgan fingerprint density at radius 1 is 0.860 bits per heavy atom. The van der Waals surface area contributed by atoms with Gasteiger partial charge in [0.1, 0.15) is 5.82 Å². The van der Waals surface area contributed by atoms with Crippen molar-refractivity contribution >= 4 is 54.6 Å². The van der Waals surface area contributed by atoms with Crippen molar-refractivity contribution in [1.82, 2.24) is 4.98 Å². The van der Waals surface area contributed by atoms with Gasteiger partial charge in [-0.2, -0.15) is 13.2 Å². The molecule has 0 saturated carbocycles. The maximum absolute atomic E-state index is 13.7.